The largest absolute Gasteiger partial charge is 0.306 e. The lowest BCUT2D eigenvalue weighted by atomic mass is 9.94. The molecule has 1 atom stereocenters. The van der Waals surface area contributed by atoms with Crippen molar-refractivity contribution in [1.82, 2.24) is 0 Å². The maximum atomic E-state index is 13.7. The number of hydrogen-bond donors (Lipinski definition) is 0. The second kappa shape index (κ2) is 6.82. The molecule has 0 aliphatic heterocycles. The van der Waals surface area contributed by atoms with Gasteiger partial charge in [0.05, 0.1) is 0 Å². The Morgan fingerprint density at radius 2 is 1.36 bits per heavy atom. The summed E-state index contributed by atoms with van der Waals surface area (Å²) in [6.07, 6.45) is 0. The Morgan fingerprint density at radius 3 is 1.96 bits per heavy atom. The molecule has 0 spiro atoms. The molecule has 25 heavy (non-hydrogen) atoms. The molecular weight excluding hydrogens is 327 g/mol. The van der Waals surface area contributed by atoms with E-state index in [0.29, 0.717) is 16.6 Å². The lowest BCUT2D eigenvalue weighted by Gasteiger charge is -2.19. The normalized spacial score (nSPS) is 13.2. The second-order valence-corrected chi connectivity index (χ2v) is 8.91. The van der Waals surface area contributed by atoms with Crippen LogP contribution in [0.1, 0.15) is 16.7 Å². The Labute approximate surface area is 148 Å². The molecule has 0 aromatic heterocycles. The predicted octanol–water partition coefficient (Wildman–Crippen LogP) is 4.78. The zero-order valence-electron chi connectivity index (χ0n) is 14.7. The van der Waals surface area contributed by atoms with Crippen LogP contribution in [0.2, 0.25) is 0 Å². The molecule has 0 fully saturated rings. The summed E-state index contributed by atoms with van der Waals surface area (Å²) < 4.78 is 13.7. The number of carbonyl (C=O) groups excluding carboxylic acids is 1. The molecule has 0 radical (unpaired) electrons. The lowest BCUT2D eigenvalue weighted by molar-refractivity contribution is 0.557. The fourth-order valence-electron chi connectivity index (χ4n) is 3.49. The molecule has 1 unspecified atom stereocenters. The zero-order valence-corrected chi connectivity index (χ0v) is 15.6. The highest BCUT2D eigenvalue weighted by atomic mass is 31.2. The molecule has 3 aromatic rings. The highest BCUT2D eigenvalue weighted by Crippen LogP contribution is 2.44. The summed E-state index contributed by atoms with van der Waals surface area (Å²) in [5.74, 6) is 0. The van der Waals surface area contributed by atoms with Crippen molar-refractivity contribution in [2.24, 2.45) is 0 Å². The minimum Gasteiger partial charge on any atom is -0.306 e. The molecule has 0 aliphatic rings. The van der Waals surface area contributed by atoms with E-state index in [0.717, 1.165) is 22.3 Å². The molecule has 0 amide bonds. The van der Waals surface area contributed by atoms with Gasteiger partial charge < -0.3 is 4.57 Å². The molecule has 0 aliphatic carbocycles. The minimum absolute atomic E-state index is 0.569. The third-order valence-electron chi connectivity index (χ3n) is 4.50. The van der Waals surface area contributed by atoms with Gasteiger partial charge in [-0.3, -0.25) is 4.79 Å². The van der Waals surface area contributed by atoms with Crippen LogP contribution < -0.4 is 10.6 Å². The minimum atomic E-state index is -3.34. The molecule has 2 nitrogen and oxygen atoms in total. The number of rotatable bonds is 4. The third kappa shape index (κ3) is 3.10. The molecule has 3 heteroatoms. The maximum absolute atomic E-state index is 13.7. The Hall–Kier alpha value is -2.44. The Bertz CT molecular complexity index is 951. The first-order valence-electron chi connectivity index (χ1n) is 8.27. The first-order chi connectivity index (χ1) is 12.0. The lowest BCUT2D eigenvalue weighted by Crippen LogP contribution is -2.19. The van der Waals surface area contributed by atoms with Crippen LogP contribution >= 0.6 is 7.14 Å². The van der Waals surface area contributed by atoms with Gasteiger partial charge in [0.25, 0.3) is 0 Å². The van der Waals surface area contributed by atoms with Gasteiger partial charge in [-0.15, -0.1) is 0 Å². The number of benzene rings is 3. The van der Waals surface area contributed by atoms with E-state index in [9.17, 15) is 9.36 Å². The van der Waals surface area contributed by atoms with Gasteiger partial charge in [0.1, 0.15) is 0 Å². The zero-order chi connectivity index (χ0) is 18.0. The Balaban J connectivity index is 2.31. The van der Waals surface area contributed by atoms with Crippen molar-refractivity contribution in [3.8, 4) is 11.1 Å². The van der Waals surface area contributed by atoms with Crippen LogP contribution in [0.4, 0.5) is 0 Å². The van der Waals surface area contributed by atoms with Crippen LogP contribution in [0.25, 0.3) is 11.1 Å². The molecule has 126 valence electrons. The quantitative estimate of drug-likeness (QED) is 0.502. The Kier molecular flexibility index (Phi) is 4.74. The number of aryl methyl sites for hydroxylation is 3. The number of carbonyl (C=O) groups is 1. The molecule has 0 heterocycles. The van der Waals surface area contributed by atoms with Crippen molar-refractivity contribution < 1.29 is 9.36 Å². The third-order valence-corrected chi connectivity index (χ3v) is 6.96. The van der Waals surface area contributed by atoms with Gasteiger partial charge in [-0.05, 0) is 43.0 Å². The van der Waals surface area contributed by atoms with Crippen LogP contribution in [0.5, 0.6) is 0 Å². The molecular formula is C22H21O2P. The summed E-state index contributed by atoms with van der Waals surface area (Å²) in [6, 6.07) is 21.4. The molecule has 0 bridgehead atoms. The molecule has 3 aromatic carbocycles. The van der Waals surface area contributed by atoms with Gasteiger partial charge >= 0.3 is 0 Å². The van der Waals surface area contributed by atoms with Crippen molar-refractivity contribution >= 4 is 23.8 Å². The molecule has 0 saturated carbocycles. The van der Waals surface area contributed by atoms with Gasteiger partial charge in [-0.2, -0.15) is 0 Å². The van der Waals surface area contributed by atoms with Gasteiger partial charge in [-0.25, -0.2) is 0 Å². The van der Waals surface area contributed by atoms with E-state index in [4.69, 9.17) is 0 Å². The fraction of sp³-hybridized carbons (Fsp3) is 0.136. The SMILES string of the molecule is Cc1cc(C)c(-c2ccccc2P(=O)(C=O)c2ccccc2)c(C)c1. The average Bonchev–Trinajstić information content (AvgIpc) is 2.61. The smallest absolute Gasteiger partial charge is 0.202 e. The van der Waals surface area contributed by atoms with Crippen LogP contribution in [0, 0.1) is 20.8 Å². The summed E-state index contributed by atoms with van der Waals surface area (Å²) >= 11 is 0. The second-order valence-electron chi connectivity index (χ2n) is 6.39. The van der Waals surface area contributed by atoms with Crippen molar-refractivity contribution in [2.45, 2.75) is 20.8 Å². The topological polar surface area (TPSA) is 34.1 Å². The summed E-state index contributed by atoms with van der Waals surface area (Å²) in [6.45, 7) is 6.18. The Morgan fingerprint density at radius 1 is 0.800 bits per heavy atom. The average molecular weight is 348 g/mol. The van der Waals surface area contributed by atoms with Gasteiger partial charge in [0, 0.05) is 10.6 Å². The first kappa shape index (κ1) is 17.4. The first-order valence-corrected chi connectivity index (χ1v) is 10.0. The number of hydrogen-bond acceptors (Lipinski definition) is 2. The van der Waals surface area contributed by atoms with Crippen molar-refractivity contribution in [3.05, 3.63) is 83.4 Å². The van der Waals surface area contributed by atoms with E-state index < -0.39 is 7.14 Å². The molecule has 0 N–H and O–H groups in total. The van der Waals surface area contributed by atoms with E-state index in [-0.39, 0.29) is 0 Å². The predicted molar refractivity (Wildman–Crippen MR) is 106 cm³/mol. The highest BCUT2D eigenvalue weighted by Gasteiger charge is 2.30. The highest BCUT2D eigenvalue weighted by molar-refractivity contribution is 7.91. The standard InChI is InChI=1S/C22H21O2P/c1-16-13-17(2)22(18(3)14-16)20-11-7-8-12-21(20)25(24,15-23)19-9-5-4-6-10-19/h4-15H,1-3H3. The van der Waals surface area contributed by atoms with Gasteiger partial charge in [-0.1, -0.05) is 72.3 Å². The van der Waals surface area contributed by atoms with Crippen molar-refractivity contribution in [2.75, 3.05) is 0 Å². The summed E-state index contributed by atoms with van der Waals surface area (Å²) in [5, 5.41) is 1.17. The molecule has 0 saturated heterocycles. The van der Waals surface area contributed by atoms with Crippen molar-refractivity contribution in [3.63, 3.8) is 0 Å². The van der Waals surface area contributed by atoms with Crippen LogP contribution in [0.15, 0.2) is 66.7 Å². The van der Waals surface area contributed by atoms with E-state index in [1.165, 1.54) is 5.56 Å². The monoisotopic (exact) mass is 348 g/mol. The van der Waals surface area contributed by atoms with E-state index >= 15 is 0 Å². The summed E-state index contributed by atoms with van der Waals surface area (Å²) in [5.41, 5.74) is 5.36. The molecule has 3 rings (SSSR count). The van der Waals surface area contributed by atoms with Crippen molar-refractivity contribution in [1.29, 1.82) is 0 Å². The van der Waals surface area contributed by atoms with E-state index in [1.807, 2.05) is 42.5 Å². The van der Waals surface area contributed by atoms with E-state index in [1.54, 1.807) is 12.1 Å². The van der Waals surface area contributed by atoms with Gasteiger partial charge in [0.2, 0.25) is 7.14 Å². The summed E-state index contributed by atoms with van der Waals surface area (Å²) in [4.78, 5) is 12.0. The maximum Gasteiger partial charge on any atom is 0.202 e. The van der Waals surface area contributed by atoms with Crippen LogP contribution in [-0.4, -0.2) is 6.03 Å². The summed E-state index contributed by atoms with van der Waals surface area (Å²) in [7, 11) is -3.34. The fourth-order valence-corrected chi connectivity index (χ4v) is 5.47. The van der Waals surface area contributed by atoms with Gasteiger partial charge in [0.15, 0.2) is 6.03 Å². The van der Waals surface area contributed by atoms with E-state index in [2.05, 4.69) is 32.9 Å². The van der Waals surface area contributed by atoms with Crippen LogP contribution in [0.3, 0.4) is 0 Å². The van der Waals surface area contributed by atoms with Crippen LogP contribution in [-0.2, 0) is 9.36 Å².